The van der Waals surface area contributed by atoms with Crippen molar-refractivity contribution in [2.75, 3.05) is 13.1 Å². The van der Waals surface area contributed by atoms with Gasteiger partial charge in [-0.15, -0.1) is 0 Å². The molecule has 3 heterocycles. The van der Waals surface area contributed by atoms with Gasteiger partial charge in [0.1, 0.15) is 0 Å². The van der Waals surface area contributed by atoms with Gasteiger partial charge in [-0.3, -0.25) is 19.3 Å². The summed E-state index contributed by atoms with van der Waals surface area (Å²) in [4.78, 5) is 33.9. The second-order valence-electron chi connectivity index (χ2n) is 7.67. The predicted molar refractivity (Wildman–Crippen MR) is 112 cm³/mol. The number of carbonyl (C=O) groups excluding carboxylic acids is 1. The Morgan fingerprint density at radius 3 is 2.53 bits per heavy atom. The van der Waals surface area contributed by atoms with Crippen molar-refractivity contribution in [2.45, 2.75) is 44.6 Å². The smallest absolute Gasteiger partial charge is 0.303 e. The quantitative estimate of drug-likeness (QED) is 0.603. The maximum atomic E-state index is 12.3. The lowest BCUT2D eigenvalue weighted by atomic mass is 10.0. The van der Waals surface area contributed by atoms with Gasteiger partial charge in [-0.1, -0.05) is 12.1 Å². The fourth-order valence-electron chi connectivity index (χ4n) is 3.86. The molecule has 2 aromatic heterocycles. The number of aliphatic carboxylic acids is 1. The molecule has 1 aliphatic heterocycles. The molecule has 156 valence electrons. The summed E-state index contributed by atoms with van der Waals surface area (Å²) in [5.74, 6) is -0.692. The van der Waals surface area contributed by atoms with Gasteiger partial charge in [-0.2, -0.15) is 5.10 Å². The van der Waals surface area contributed by atoms with Gasteiger partial charge >= 0.3 is 5.97 Å². The second kappa shape index (κ2) is 9.02. The van der Waals surface area contributed by atoms with Crippen molar-refractivity contribution in [2.24, 2.45) is 0 Å². The van der Waals surface area contributed by atoms with E-state index in [-0.39, 0.29) is 18.4 Å². The van der Waals surface area contributed by atoms with Crippen LogP contribution in [0.3, 0.4) is 0 Å². The Kier molecular flexibility index (Phi) is 6.02. The van der Waals surface area contributed by atoms with Gasteiger partial charge in [0, 0.05) is 37.7 Å². The number of carbonyl (C=O) groups is 2. The Labute approximate surface area is 174 Å². The van der Waals surface area contributed by atoms with Crippen LogP contribution in [0.4, 0.5) is 0 Å². The van der Waals surface area contributed by atoms with E-state index < -0.39 is 5.97 Å². The van der Waals surface area contributed by atoms with Crippen LogP contribution in [0.2, 0.25) is 0 Å². The SMILES string of the molecule is O=C(O)CCCCC(=O)N1CCC(n2cc(-c3cnc4ccccc4n3)cn2)CC1. The summed E-state index contributed by atoms with van der Waals surface area (Å²) in [6, 6.07) is 8.04. The van der Waals surface area contributed by atoms with Crippen LogP contribution in [0.5, 0.6) is 0 Å². The number of unbranched alkanes of at least 4 members (excludes halogenated alkanes) is 1. The number of likely N-dealkylation sites (tertiary alicyclic amines) is 1. The van der Waals surface area contributed by atoms with Crippen molar-refractivity contribution >= 4 is 22.9 Å². The van der Waals surface area contributed by atoms with Crippen LogP contribution >= 0.6 is 0 Å². The number of fused-ring (bicyclic) bond motifs is 1. The van der Waals surface area contributed by atoms with Gasteiger partial charge in [-0.05, 0) is 37.8 Å². The number of carboxylic acids is 1. The van der Waals surface area contributed by atoms with E-state index in [2.05, 4.69) is 15.1 Å². The summed E-state index contributed by atoms with van der Waals surface area (Å²) in [6.07, 6.45) is 9.02. The minimum atomic E-state index is -0.809. The van der Waals surface area contributed by atoms with E-state index in [1.54, 1.807) is 6.20 Å². The molecule has 0 unspecified atom stereocenters. The zero-order valence-electron chi connectivity index (χ0n) is 16.8. The van der Waals surface area contributed by atoms with Gasteiger partial charge in [0.25, 0.3) is 0 Å². The van der Waals surface area contributed by atoms with Crippen molar-refractivity contribution in [3.63, 3.8) is 0 Å². The zero-order valence-corrected chi connectivity index (χ0v) is 16.8. The summed E-state index contributed by atoms with van der Waals surface area (Å²) in [6.45, 7) is 1.40. The summed E-state index contributed by atoms with van der Waals surface area (Å²) < 4.78 is 1.97. The molecule has 1 aromatic carbocycles. The van der Waals surface area contributed by atoms with E-state index in [4.69, 9.17) is 5.11 Å². The fraction of sp³-hybridized carbons (Fsp3) is 0.409. The third-order valence-corrected chi connectivity index (χ3v) is 5.57. The minimum absolute atomic E-state index is 0.117. The van der Waals surface area contributed by atoms with Gasteiger partial charge in [0.15, 0.2) is 0 Å². The molecule has 4 rings (SSSR count). The lowest BCUT2D eigenvalue weighted by Crippen LogP contribution is -2.39. The van der Waals surface area contributed by atoms with Crippen LogP contribution in [0, 0.1) is 0 Å². The van der Waals surface area contributed by atoms with Gasteiger partial charge in [0.05, 0.1) is 35.2 Å². The van der Waals surface area contributed by atoms with E-state index in [0.717, 1.165) is 35.1 Å². The van der Waals surface area contributed by atoms with E-state index >= 15 is 0 Å². The largest absolute Gasteiger partial charge is 0.481 e. The first-order valence-electron chi connectivity index (χ1n) is 10.4. The van der Waals surface area contributed by atoms with Crippen molar-refractivity contribution < 1.29 is 14.7 Å². The molecule has 0 saturated carbocycles. The molecule has 0 aliphatic carbocycles. The van der Waals surface area contributed by atoms with Crippen LogP contribution in [0.15, 0.2) is 42.9 Å². The summed E-state index contributed by atoms with van der Waals surface area (Å²) >= 11 is 0. The number of rotatable bonds is 7. The molecular formula is C22H25N5O3. The molecule has 8 heteroatoms. The van der Waals surface area contributed by atoms with Gasteiger partial charge < -0.3 is 10.0 Å². The van der Waals surface area contributed by atoms with Gasteiger partial charge in [-0.25, -0.2) is 4.98 Å². The lowest BCUT2D eigenvalue weighted by molar-refractivity contribution is -0.137. The number of hydrogen-bond acceptors (Lipinski definition) is 5. The highest BCUT2D eigenvalue weighted by Gasteiger charge is 2.24. The molecule has 1 fully saturated rings. The van der Waals surface area contributed by atoms with Crippen molar-refractivity contribution in [3.8, 4) is 11.3 Å². The first-order valence-corrected chi connectivity index (χ1v) is 10.4. The Morgan fingerprint density at radius 2 is 1.77 bits per heavy atom. The highest BCUT2D eigenvalue weighted by atomic mass is 16.4. The van der Waals surface area contributed by atoms with Crippen molar-refractivity contribution in [3.05, 3.63) is 42.9 Å². The molecule has 8 nitrogen and oxygen atoms in total. The molecule has 0 spiro atoms. The van der Waals surface area contributed by atoms with Gasteiger partial charge in [0.2, 0.25) is 5.91 Å². The van der Waals surface area contributed by atoms with Crippen LogP contribution in [-0.4, -0.2) is 54.7 Å². The number of para-hydroxylation sites is 2. The van der Waals surface area contributed by atoms with Crippen molar-refractivity contribution in [1.29, 1.82) is 0 Å². The van der Waals surface area contributed by atoms with Crippen LogP contribution in [0.1, 0.15) is 44.6 Å². The lowest BCUT2D eigenvalue weighted by Gasteiger charge is -2.32. The molecule has 1 N–H and O–H groups in total. The second-order valence-corrected chi connectivity index (χ2v) is 7.67. The highest BCUT2D eigenvalue weighted by Crippen LogP contribution is 2.25. The number of piperidine rings is 1. The average molecular weight is 407 g/mol. The number of nitrogens with zero attached hydrogens (tertiary/aromatic N) is 5. The normalized spacial score (nSPS) is 14.9. The predicted octanol–water partition coefficient (Wildman–Crippen LogP) is 3.30. The van der Waals surface area contributed by atoms with E-state index in [9.17, 15) is 9.59 Å². The molecular weight excluding hydrogens is 382 g/mol. The molecule has 0 radical (unpaired) electrons. The van der Waals surface area contributed by atoms with Crippen molar-refractivity contribution in [1.82, 2.24) is 24.6 Å². The maximum absolute atomic E-state index is 12.3. The van der Waals surface area contributed by atoms with E-state index in [0.29, 0.717) is 32.4 Å². The molecule has 0 bridgehead atoms. The standard InChI is InChI=1S/C22H25N5O3/c28-21(7-3-4-8-22(29)30)26-11-9-17(10-12-26)27-15-16(13-24-27)20-14-23-18-5-1-2-6-19(18)25-20/h1-2,5-6,13-15,17H,3-4,7-12H2,(H,29,30). The third kappa shape index (κ3) is 4.64. The molecule has 0 atom stereocenters. The minimum Gasteiger partial charge on any atom is -0.481 e. The number of benzene rings is 1. The van der Waals surface area contributed by atoms with Crippen LogP contribution in [-0.2, 0) is 9.59 Å². The maximum Gasteiger partial charge on any atom is 0.303 e. The molecule has 1 aliphatic rings. The monoisotopic (exact) mass is 407 g/mol. The molecule has 30 heavy (non-hydrogen) atoms. The summed E-state index contributed by atoms with van der Waals surface area (Å²) in [7, 11) is 0. The Morgan fingerprint density at radius 1 is 1.03 bits per heavy atom. The van der Waals surface area contributed by atoms with Crippen LogP contribution in [0.25, 0.3) is 22.3 Å². The Bertz CT molecular complexity index is 1040. The summed E-state index contributed by atoms with van der Waals surface area (Å²) in [5.41, 5.74) is 3.46. The topological polar surface area (TPSA) is 101 Å². The molecule has 3 aromatic rings. The first-order chi connectivity index (χ1) is 14.6. The zero-order chi connectivity index (χ0) is 20.9. The first kappa shape index (κ1) is 20.0. The number of amides is 1. The third-order valence-electron chi connectivity index (χ3n) is 5.57. The Hall–Kier alpha value is -3.29. The van der Waals surface area contributed by atoms with E-state index in [1.807, 2.05) is 46.2 Å². The Balaban J connectivity index is 1.32. The highest BCUT2D eigenvalue weighted by molar-refractivity contribution is 5.77. The molecule has 1 amide bonds. The summed E-state index contributed by atoms with van der Waals surface area (Å²) in [5, 5.41) is 13.2. The average Bonchev–Trinajstić information content (AvgIpc) is 3.26. The molecule has 1 saturated heterocycles. The number of hydrogen-bond donors (Lipinski definition) is 1. The van der Waals surface area contributed by atoms with Crippen LogP contribution < -0.4 is 0 Å². The number of aromatic nitrogens is 4. The number of carboxylic acid groups (broad SMARTS) is 1. The fourth-order valence-corrected chi connectivity index (χ4v) is 3.86. The van der Waals surface area contributed by atoms with E-state index in [1.165, 1.54) is 0 Å².